The van der Waals surface area contributed by atoms with E-state index >= 15 is 0 Å². The van der Waals surface area contributed by atoms with Gasteiger partial charge in [0.1, 0.15) is 17.1 Å². The number of hydrogen-bond donors (Lipinski definition) is 2. The number of nitrogens with two attached hydrogens (primary N) is 1. The van der Waals surface area contributed by atoms with Gasteiger partial charge in [-0.2, -0.15) is 0 Å². The van der Waals surface area contributed by atoms with Crippen molar-refractivity contribution in [1.29, 1.82) is 0 Å². The number of para-hydroxylation sites is 1. The van der Waals surface area contributed by atoms with Crippen molar-refractivity contribution in [2.75, 3.05) is 12.3 Å². The number of nitrogen functional groups attached to an aromatic ring is 1. The molecule has 6 heteroatoms. The topological polar surface area (TPSA) is 92.6 Å². The summed E-state index contributed by atoms with van der Waals surface area (Å²) in [5.74, 6) is 0.717. The molecule has 134 valence electrons. The normalized spacial score (nSPS) is 21.4. The van der Waals surface area contributed by atoms with Crippen molar-refractivity contribution < 1.29 is 14.4 Å². The highest BCUT2D eigenvalue weighted by molar-refractivity contribution is 5.99. The SMILES string of the molecule is C[C@@H]1CCC(c2cc(C(C)(C)O)no2)CN1C(=O)c1ccccc1N. The molecule has 25 heavy (non-hydrogen) atoms. The number of benzene rings is 1. The molecule has 2 aromatic rings. The highest BCUT2D eigenvalue weighted by Crippen LogP contribution is 2.33. The van der Waals surface area contributed by atoms with Crippen molar-refractivity contribution in [1.82, 2.24) is 10.1 Å². The van der Waals surface area contributed by atoms with Crippen LogP contribution in [-0.2, 0) is 5.60 Å². The van der Waals surface area contributed by atoms with Gasteiger partial charge in [0.05, 0.1) is 5.56 Å². The van der Waals surface area contributed by atoms with Gasteiger partial charge in [-0.05, 0) is 45.7 Å². The minimum Gasteiger partial charge on any atom is -0.398 e. The number of amides is 1. The molecule has 1 aliphatic rings. The second-order valence-corrected chi connectivity index (χ2v) is 7.34. The average Bonchev–Trinajstić information content (AvgIpc) is 3.05. The largest absolute Gasteiger partial charge is 0.398 e. The van der Waals surface area contributed by atoms with Gasteiger partial charge in [0.2, 0.25) is 0 Å². The Bertz CT molecular complexity index is 763. The van der Waals surface area contributed by atoms with E-state index in [0.717, 1.165) is 12.8 Å². The van der Waals surface area contributed by atoms with Gasteiger partial charge in [0, 0.05) is 30.3 Å². The summed E-state index contributed by atoms with van der Waals surface area (Å²) in [5.41, 5.74) is 6.45. The maximum atomic E-state index is 12.9. The van der Waals surface area contributed by atoms with Crippen LogP contribution in [0.15, 0.2) is 34.9 Å². The lowest BCUT2D eigenvalue weighted by Crippen LogP contribution is -2.45. The molecule has 1 unspecified atom stereocenters. The van der Waals surface area contributed by atoms with E-state index in [2.05, 4.69) is 12.1 Å². The van der Waals surface area contributed by atoms with Gasteiger partial charge in [-0.1, -0.05) is 17.3 Å². The summed E-state index contributed by atoms with van der Waals surface area (Å²) >= 11 is 0. The molecule has 1 saturated heterocycles. The number of nitrogens with zero attached hydrogens (tertiary/aromatic N) is 2. The van der Waals surface area contributed by atoms with Crippen LogP contribution in [0, 0.1) is 0 Å². The first-order valence-corrected chi connectivity index (χ1v) is 8.62. The molecule has 2 heterocycles. The second-order valence-electron chi connectivity index (χ2n) is 7.34. The summed E-state index contributed by atoms with van der Waals surface area (Å²) in [6.45, 7) is 5.95. The van der Waals surface area contributed by atoms with E-state index in [0.29, 0.717) is 29.2 Å². The number of aliphatic hydroxyl groups is 1. The Labute approximate surface area is 147 Å². The smallest absolute Gasteiger partial charge is 0.256 e. The molecule has 1 aromatic carbocycles. The van der Waals surface area contributed by atoms with Crippen molar-refractivity contribution in [3.05, 3.63) is 47.3 Å². The van der Waals surface area contributed by atoms with Crippen LogP contribution in [0.3, 0.4) is 0 Å². The number of anilines is 1. The highest BCUT2D eigenvalue weighted by Gasteiger charge is 2.33. The summed E-state index contributed by atoms with van der Waals surface area (Å²) in [6, 6.07) is 9.07. The predicted molar refractivity (Wildman–Crippen MR) is 95.1 cm³/mol. The summed E-state index contributed by atoms with van der Waals surface area (Å²) in [7, 11) is 0. The van der Waals surface area contributed by atoms with Crippen LogP contribution < -0.4 is 5.73 Å². The van der Waals surface area contributed by atoms with E-state index in [-0.39, 0.29) is 17.9 Å². The van der Waals surface area contributed by atoms with Crippen LogP contribution in [0.2, 0.25) is 0 Å². The molecule has 1 fully saturated rings. The Kier molecular flexibility index (Phi) is 4.56. The molecule has 1 aromatic heterocycles. The molecule has 1 aliphatic heterocycles. The maximum Gasteiger partial charge on any atom is 0.256 e. The van der Waals surface area contributed by atoms with Gasteiger partial charge in [-0.25, -0.2) is 0 Å². The molecule has 3 N–H and O–H groups in total. The zero-order valence-corrected chi connectivity index (χ0v) is 14.9. The van der Waals surface area contributed by atoms with Crippen LogP contribution >= 0.6 is 0 Å². The lowest BCUT2D eigenvalue weighted by atomic mass is 9.90. The number of hydrogen-bond acceptors (Lipinski definition) is 5. The van der Waals surface area contributed by atoms with Gasteiger partial charge in [0.15, 0.2) is 0 Å². The van der Waals surface area contributed by atoms with Crippen LogP contribution in [-0.4, -0.2) is 33.7 Å². The lowest BCUT2D eigenvalue weighted by molar-refractivity contribution is 0.0596. The second kappa shape index (κ2) is 6.52. The third-order valence-electron chi connectivity index (χ3n) is 4.89. The van der Waals surface area contributed by atoms with Crippen LogP contribution in [0.5, 0.6) is 0 Å². The highest BCUT2D eigenvalue weighted by atomic mass is 16.5. The minimum absolute atomic E-state index is 0.0578. The Balaban J connectivity index is 1.81. The van der Waals surface area contributed by atoms with E-state index in [1.54, 1.807) is 32.0 Å². The molecule has 0 aliphatic carbocycles. The third-order valence-corrected chi connectivity index (χ3v) is 4.89. The van der Waals surface area contributed by atoms with Crippen molar-refractivity contribution in [3.8, 4) is 0 Å². The van der Waals surface area contributed by atoms with Gasteiger partial charge < -0.3 is 20.3 Å². The quantitative estimate of drug-likeness (QED) is 0.836. The number of piperidine rings is 1. The van der Waals surface area contributed by atoms with Crippen molar-refractivity contribution in [3.63, 3.8) is 0 Å². The van der Waals surface area contributed by atoms with Crippen LogP contribution in [0.4, 0.5) is 5.69 Å². The minimum atomic E-state index is -1.04. The number of carbonyl (C=O) groups excluding carboxylic acids is 1. The number of carbonyl (C=O) groups is 1. The third kappa shape index (κ3) is 3.54. The van der Waals surface area contributed by atoms with E-state index < -0.39 is 5.60 Å². The standard InChI is InChI=1S/C19H25N3O3/c1-12-8-9-13(16-10-17(21-25-16)19(2,3)24)11-22(12)18(23)14-6-4-5-7-15(14)20/h4-7,10,12-13,24H,8-9,11,20H2,1-3H3/t12-,13?/m1/s1. The Hall–Kier alpha value is -2.34. The Morgan fingerprint density at radius 1 is 1.36 bits per heavy atom. The molecule has 0 bridgehead atoms. The molecular formula is C19H25N3O3. The van der Waals surface area contributed by atoms with Gasteiger partial charge >= 0.3 is 0 Å². The monoisotopic (exact) mass is 343 g/mol. The molecule has 1 amide bonds. The summed E-state index contributed by atoms with van der Waals surface area (Å²) in [6.07, 6.45) is 1.79. The van der Waals surface area contributed by atoms with E-state index in [9.17, 15) is 9.90 Å². The van der Waals surface area contributed by atoms with E-state index in [1.165, 1.54) is 0 Å². The van der Waals surface area contributed by atoms with Crippen LogP contribution in [0.25, 0.3) is 0 Å². The zero-order chi connectivity index (χ0) is 18.2. The molecule has 0 radical (unpaired) electrons. The van der Waals surface area contributed by atoms with Crippen molar-refractivity contribution in [2.24, 2.45) is 0 Å². The number of likely N-dealkylation sites (tertiary alicyclic amines) is 1. The van der Waals surface area contributed by atoms with Crippen molar-refractivity contribution in [2.45, 2.75) is 51.2 Å². The first kappa shape index (κ1) is 17.5. The first-order chi connectivity index (χ1) is 11.8. The Morgan fingerprint density at radius 2 is 2.08 bits per heavy atom. The zero-order valence-electron chi connectivity index (χ0n) is 14.9. The Morgan fingerprint density at radius 3 is 2.72 bits per heavy atom. The molecule has 6 nitrogen and oxygen atoms in total. The van der Waals surface area contributed by atoms with Crippen molar-refractivity contribution >= 4 is 11.6 Å². The fourth-order valence-corrected chi connectivity index (χ4v) is 3.24. The first-order valence-electron chi connectivity index (χ1n) is 8.62. The predicted octanol–water partition coefficient (Wildman–Crippen LogP) is 2.89. The lowest BCUT2D eigenvalue weighted by Gasteiger charge is -2.37. The number of rotatable bonds is 3. The summed E-state index contributed by atoms with van der Waals surface area (Å²) < 4.78 is 5.45. The van der Waals surface area contributed by atoms with Crippen LogP contribution in [0.1, 0.15) is 61.3 Å². The molecular weight excluding hydrogens is 318 g/mol. The number of aromatic nitrogens is 1. The fraction of sp³-hybridized carbons (Fsp3) is 0.474. The molecule has 0 spiro atoms. The fourth-order valence-electron chi connectivity index (χ4n) is 3.24. The van der Waals surface area contributed by atoms with Gasteiger partial charge in [0.25, 0.3) is 5.91 Å². The maximum absolute atomic E-state index is 12.9. The summed E-state index contributed by atoms with van der Waals surface area (Å²) in [4.78, 5) is 14.8. The average molecular weight is 343 g/mol. The molecule has 3 rings (SSSR count). The molecule has 2 atom stereocenters. The van der Waals surface area contributed by atoms with E-state index in [1.807, 2.05) is 17.0 Å². The molecule has 0 saturated carbocycles. The van der Waals surface area contributed by atoms with Gasteiger partial charge in [-0.3, -0.25) is 4.79 Å². The van der Waals surface area contributed by atoms with Gasteiger partial charge in [-0.15, -0.1) is 0 Å². The summed E-state index contributed by atoms with van der Waals surface area (Å²) in [5, 5.41) is 14.0. The van der Waals surface area contributed by atoms with E-state index in [4.69, 9.17) is 10.3 Å².